The molecule has 0 aromatic heterocycles. The monoisotopic (exact) mass is 420 g/mol. The first kappa shape index (κ1) is 19.2. The summed E-state index contributed by atoms with van der Waals surface area (Å²) in [6.45, 7) is 0.480. The normalized spacial score (nSPS) is 28.1. The fourth-order valence-corrected chi connectivity index (χ4v) is 5.22. The number of amidine groups is 1. The van der Waals surface area contributed by atoms with E-state index in [1.807, 2.05) is 54.6 Å². The summed E-state index contributed by atoms with van der Waals surface area (Å²) in [4.78, 5) is 17.1. The maximum Gasteiger partial charge on any atom is 0.239 e. The van der Waals surface area contributed by atoms with Crippen LogP contribution >= 0.6 is 11.8 Å². The van der Waals surface area contributed by atoms with E-state index in [1.54, 1.807) is 0 Å². The van der Waals surface area contributed by atoms with Crippen molar-refractivity contribution in [2.24, 2.45) is 16.8 Å². The molecule has 2 aliphatic carbocycles. The number of carbonyl (C=O) groups is 1. The van der Waals surface area contributed by atoms with Crippen molar-refractivity contribution in [3.05, 3.63) is 66.7 Å². The van der Waals surface area contributed by atoms with Crippen molar-refractivity contribution in [3.8, 4) is 17.2 Å². The Kier molecular flexibility index (Phi) is 5.49. The number of ether oxygens (including phenoxy) is 2. The van der Waals surface area contributed by atoms with Gasteiger partial charge in [-0.1, -0.05) is 42.1 Å². The summed E-state index contributed by atoms with van der Waals surface area (Å²) in [6, 6.07) is 17.5. The number of hydrogen-bond acceptors (Lipinski definition) is 5. The number of rotatable bonds is 7. The van der Waals surface area contributed by atoms with E-state index in [1.165, 1.54) is 18.2 Å². The fraction of sp³-hybridized carbons (Fsp3) is 0.333. The first-order valence-electron chi connectivity index (χ1n) is 10.4. The zero-order valence-electron chi connectivity index (χ0n) is 16.6. The predicted octanol–water partition coefficient (Wildman–Crippen LogP) is 4.80. The van der Waals surface area contributed by atoms with Crippen molar-refractivity contribution in [2.45, 2.75) is 30.6 Å². The number of fused-ring (bicyclic) bond motifs is 2. The van der Waals surface area contributed by atoms with E-state index in [4.69, 9.17) is 14.5 Å². The van der Waals surface area contributed by atoms with Gasteiger partial charge in [0.15, 0.2) is 5.17 Å². The molecule has 5 nitrogen and oxygen atoms in total. The van der Waals surface area contributed by atoms with E-state index in [9.17, 15) is 4.79 Å². The molecule has 30 heavy (non-hydrogen) atoms. The average Bonchev–Trinajstić information content (AvgIpc) is 3.47. The van der Waals surface area contributed by atoms with Crippen LogP contribution in [0.3, 0.4) is 0 Å². The van der Waals surface area contributed by atoms with Crippen molar-refractivity contribution in [1.29, 1.82) is 0 Å². The number of nitrogens with one attached hydrogen (secondary N) is 1. The van der Waals surface area contributed by atoms with Crippen LogP contribution in [-0.4, -0.2) is 29.0 Å². The molecule has 1 amide bonds. The standard InChI is InChI=1S/C24H24N2O3S/c27-23-22(30-24(26-23)25-21-15-16-6-7-17(21)14-16)12-13-28-18-8-10-20(11-9-18)29-19-4-2-1-3-5-19/h1-11,16-17,21-22H,12-15H2,(H,25,26,27). The van der Waals surface area contributed by atoms with Crippen molar-refractivity contribution in [1.82, 2.24) is 5.32 Å². The summed E-state index contributed by atoms with van der Waals surface area (Å²) >= 11 is 1.54. The first-order valence-corrected chi connectivity index (χ1v) is 11.3. The first-order chi connectivity index (χ1) is 14.7. The highest BCUT2D eigenvalue weighted by Gasteiger charge is 2.37. The van der Waals surface area contributed by atoms with Crippen LogP contribution in [-0.2, 0) is 4.79 Å². The number of nitrogens with zero attached hydrogens (tertiary/aromatic N) is 1. The summed E-state index contributed by atoms with van der Waals surface area (Å²) in [5.74, 6) is 3.59. The molecule has 0 spiro atoms. The van der Waals surface area contributed by atoms with Gasteiger partial charge in [-0.25, -0.2) is 0 Å². The van der Waals surface area contributed by atoms with Gasteiger partial charge in [0.1, 0.15) is 17.2 Å². The van der Waals surface area contributed by atoms with E-state index in [0.29, 0.717) is 30.9 Å². The van der Waals surface area contributed by atoms with Crippen molar-refractivity contribution < 1.29 is 14.3 Å². The molecule has 3 aliphatic rings. The van der Waals surface area contributed by atoms with E-state index < -0.39 is 0 Å². The molecule has 2 fully saturated rings. The van der Waals surface area contributed by atoms with E-state index >= 15 is 0 Å². The molecule has 5 rings (SSSR count). The largest absolute Gasteiger partial charge is 0.494 e. The van der Waals surface area contributed by atoms with Crippen molar-refractivity contribution >= 4 is 22.8 Å². The van der Waals surface area contributed by atoms with Gasteiger partial charge in [0.05, 0.1) is 17.9 Å². The van der Waals surface area contributed by atoms with E-state index in [0.717, 1.165) is 28.8 Å². The molecule has 4 unspecified atom stereocenters. The second-order valence-electron chi connectivity index (χ2n) is 7.90. The van der Waals surface area contributed by atoms with Gasteiger partial charge in [0.25, 0.3) is 0 Å². The summed E-state index contributed by atoms with van der Waals surface area (Å²) in [5, 5.41) is 3.58. The Morgan fingerprint density at radius 2 is 1.73 bits per heavy atom. The quantitative estimate of drug-likeness (QED) is 0.654. The Morgan fingerprint density at radius 1 is 0.967 bits per heavy atom. The van der Waals surface area contributed by atoms with Crippen LogP contribution in [0.1, 0.15) is 19.3 Å². The van der Waals surface area contributed by atoms with Crippen LogP contribution < -0.4 is 14.8 Å². The number of benzene rings is 2. The SMILES string of the molecule is O=C1NC(=NC2CC3C=CC2C3)SC1CCOc1ccc(Oc2ccccc2)cc1. The number of hydrogen-bond donors (Lipinski definition) is 1. The Bertz CT molecular complexity index is 958. The lowest BCUT2D eigenvalue weighted by atomic mass is 10.0. The highest BCUT2D eigenvalue weighted by Crippen LogP contribution is 2.41. The predicted molar refractivity (Wildman–Crippen MR) is 119 cm³/mol. The van der Waals surface area contributed by atoms with Gasteiger partial charge >= 0.3 is 0 Å². The molecule has 1 N–H and O–H groups in total. The van der Waals surface area contributed by atoms with Gasteiger partial charge in [0.2, 0.25) is 5.91 Å². The van der Waals surface area contributed by atoms with Gasteiger partial charge in [-0.3, -0.25) is 9.79 Å². The fourth-order valence-electron chi connectivity index (χ4n) is 4.22. The molecular formula is C24H24N2O3S. The molecule has 2 bridgehead atoms. The van der Waals surface area contributed by atoms with Gasteiger partial charge in [-0.15, -0.1) is 0 Å². The third-order valence-corrected chi connectivity index (χ3v) is 6.92. The lowest BCUT2D eigenvalue weighted by Crippen LogP contribution is -2.27. The Labute approximate surface area is 180 Å². The van der Waals surface area contributed by atoms with Crippen LogP contribution in [0.5, 0.6) is 17.2 Å². The number of aliphatic imine (C=N–C) groups is 1. The molecule has 0 radical (unpaired) electrons. The van der Waals surface area contributed by atoms with Gasteiger partial charge in [-0.05, 0) is 61.1 Å². The third-order valence-electron chi connectivity index (χ3n) is 5.75. The molecule has 1 aliphatic heterocycles. The minimum Gasteiger partial charge on any atom is -0.494 e. The molecule has 1 heterocycles. The van der Waals surface area contributed by atoms with Gasteiger partial charge in [0, 0.05) is 6.42 Å². The number of amides is 1. The lowest BCUT2D eigenvalue weighted by Gasteiger charge is -2.13. The smallest absolute Gasteiger partial charge is 0.239 e. The second kappa shape index (κ2) is 8.56. The topological polar surface area (TPSA) is 59.9 Å². The molecular weight excluding hydrogens is 396 g/mol. The van der Waals surface area contributed by atoms with Crippen molar-refractivity contribution in [3.63, 3.8) is 0 Å². The molecule has 6 heteroatoms. The average molecular weight is 421 g/mol. The zero-order valence-corrected chi connectivity index (χ0v) is 17.4. The highest BCUT2D eigenvalue weighted by atomic mass is 32.2. The number of carbonyl (C=O) groups excluding carboxylic acids is 1. The highest BCUT2D eigenvalue weighted by molar-refractivity contribution is 8.15. The molecule has 1 saturated heterocycles. The second-order valence-corrected chi connectivity index (χ2v) is 9.09. The number of allylic oxidation sites excluding steroid dienone is 1. The minimum absolute atomic E-state index is 0.0349. The number of thioether (sulfide) groups is 1. The lowest BCUT2D eigenvalue weighted by molar-refractivity contribution is -0.119. The van der Waals surface area contributed by atoms with E-state index in [2.05, 4.69) is 17.5 Å². The molecule has 154 valence electrons. The third kappa shape index (κ3) is 4.38. The van der Waals surface area contributed by atoms with Gasteiger partial charge < -0.3 is 14.8 Å². The zero-order chi connectivity index (χ0) is 20.3. The summed E-state index contributed by atoms with van der Waals surface area (Å²) in [5.41, 5.74) is 0. The number of para-hydroxylation sites is 1. The Morgan fingerprint density at radius 3 is 2.47 bits per heavy atom. The van der Waals surface area contributed by atoms with Crippen LogP contribution in [0.25, 0.3) is 0 Å². The summed E-state index contributed by atoms with van der Waals surface area (Å²) < 4.78 is 11.6. The molecule has 4 atom stereocenters. The maximum atomic E-state index is 12.3. The van der Waals surface area contributed by atoms with Crippen LogP contribution in [0.4, 0.5) is 0 Å². The minimum atomic E-state index is -0.140. The molecule has 2 aromatic carbocycles. The van der Waals surface area contributed by atoms with Crippen LogP contribution in [0.15, 0.2) is 71.7 Å². The molecule has 2 aromatic rings. The van der Waals surface area contributed by atoms with Crippen LogP contribution in [0, 0.1) is 11.8 Å². The Hall–Kier alpha value is -2.73. The maximum absolute atomic E-state index is 12.3. The van der Waals surface area contributed by atoms with Crippen molar-refractivity contribution in [2.75, 3.05) is 6.61 Å². The van der Waals surface area contributed by atoms with Gasteiger partial charge in [-0.2, -0.15) is 0 Å². The summed E-state index contributed by atoms with van der Waals surface area (Å²) in [6.07, 6.45) is 7.56. The van der Waals surface area contributed by atoms with E-state index in [-0.39, 0.29) is 11.2 Å². The Balaban J connectivity index is 1.09. The molecule has 1 saturated carbocycles. The summed E-state index contributed by atoms with van der Waals surface area (Å²) in [7, 11) is 0. The van der Waals surface area contributed by atoms with Crippen LogP contribution in [0.2, 0.25) is 0 Å².